The minimum Gasteiger partial charge on any atom is -0.370 e. The normalized spacial score (nSPS) is 18.0. The Labute approximate surface area is 169 Å². The third kappa shape index (κ3) is 3.74. The molecule has 29 heavy (non-hydrogen) atoms. The molecule has 0 radical (unpaired) electrons. The number of nitrogens with one attached hydrogen (secondary N) is 1. The van der Waals surface area contributed by atoms with Gasteiger partial charge in [-0.1, -0.05) is 0 Å². The second kappa shape index (κ2) is 7.55. The van der Waals surface area contributed by atoms with Crippen molar-refractivity contribution in [2.45, 2.75) is 51.4 Å². The Bertz CT molecular complexity index is 916. The van der Waals surface area contributed by atoms with Crippen molar-refractivity contribution < 1.29 is 14.3 Å². The van der Waals surface area contributed by atoms with E-state index in [9.17, 15) is 9.59 Å². The first-order valence-corrected chi connectivity index (χ1v) is 9.93. The molecule has 0 atom stereocenters. The fourth-order valence-electron chi connectivity index (χ4n) is 4.09. The van der Waals surface area contributed by atoms with E-state index in [1.165, 1.54) is 6.33 Å². The number of aryl methyl sites for hydroxylation is 1. The Morgan fingerprint density at radius 2 is 2.03 bits per heavy atom. The quantitative estimate of drug-likeness (QED) is 0.831. The van der Waals surface area contributed by atoms with Gasteiger partial charge in [0.25, 0.3) is 11.8 Å². The molecule has 0 saturated carbocycles. The number of carbonyl (C=O) groups is 2. The Morgan fingerprint density at radius 1 is 1.28 bits per heavy atom. The van der Waals surface area contributed by atoms with Crippen LogP contribution in [-0.4, -0.2) is 61.2 Å². The van der Waals surface area contributed by atoms with E-state index in [0.717, 1.165) is 24.1 Å². The molecule has 1 fully saturated rings. The Morgan fingerprint density at radius 3 is 2.69 bits per heavy atom. The van der Waals surface area contributed by atoms with E-state index in [0.29, 0.717) is 37.5 Å². The number of nitrogens with zero attached hydrogens (tertiary/aromatic N) is 5. The van der Waals surface area contributed by atoms with Gasteiger partial charge in [0, 0.05) is 50.1 Å². The fraction of sp³-hybridized carbons (Fsp3) is 0.550. The van der Waals surface area contributed by atoms with E-state index in [1.807, 2.05) is 25.8 Å². The van der Waals surface area contributed by atoms with Gasteiger partial charge in [0.2, 0.25) is 0 Å². The lowest BCUT2D eigenvalue weighted by Crippen LogP contribution is -2.51. The van der Waals surface area contributed by atoms with Gasteiger partial charge in [-0.3, -0.25) is 14.3 Å². The van der Waals surface area contributed by atoms with Crippen molar-refractivity contribution >= 4 is 11.8 Å². The zero-order valence-corrected chi connectivity index (χ0v) is 17.0. The standard InChI is InChI=1S/C20H26N6O3/c1-13(2)23-18(27)17-14-11-29-20(10-16(14)25(3)24-17)5-8-26(9-6-20)19(28)15-4-7-21-12-22-15/h4,7,12-13H,5-6,8-11H2,1-3H3,(H,23,27). The molecule has 2 aliphatic heterocycles. The second-order valence-electron chi connectivity index (χ2n) is 8.06. The number of ether oxygens (including phenoxy) is 1. The van der Waals surface area contributed by atoms with Gasteiger partial charge in [-0.05, 0) is 32.8 Å². The highest BCUT2D eigenvalue weighted by atomic mass is 16.5. The molecule has 9 heteroatoms. The van der Waals surface area contributed by atoms with Gasteiger partial charge < -0.3 is 15.0 Å². The van der Waals surface area contributed by atoms with Crippen molar-refractivity contribution in [3.63, 3.8) is 0 Å². The number of aromatic nitrogens is 4. The van der Waals surface area contributed by atoms with Crippen molar-refractivity contribution in [1.29, 1.82) is 0 Å². The fourth-order valence-corrected chi connectivity index (χ4v) is 4.09. The molecule has 0 unspecified atom stereocenters. The molecular weight excluding hydrogens is 372 g/mol. The number of likely N-dealkylation sites (tertiary alicyclic amines) is 1. The van der Waals surface area contributed by atoms with Gasteiger partial charge in [0.15, 0.2) is 5.69 Å². The minimum absolute atomic E-state index is 0.0488. The van der Waals surface area contributed by atoms with Crippen LogP contribution in [0.15, 0.2) is 18.6 Å². The average Bonchev–Trinajstić information content (AvgIpc) is 3.04. The van der Waals surface area contributed by atoms with E-state index in [1.54, 1.807) is 16.9 Å². The molecule has 0 aromatic carbocycles. The van der Waals surface area contributed by atoms with Gasteiger partial charge in [-0.15, -0.1) is 0 Å². The maximum atomic E-state index is 12.6. The summed E-state index contributed by atoms with van der Waals surface area (Å²) in [6.45, 7) is 5.43. The highest BCUT2D eigenvalue weighted by Gasteiger charge is 2.42. The molecule has 0 bridgehead atoms. The molecule has 2 amide bonds. The predicted octanol–water partition coefficient (Wildman–Crippen LogP) is 1.10. The largest absolute Gasteiger partial charge is 0.370 e. The van der Waals surface area contributed by atoms with E-state index >= 15 is 0 Å². The summed E-state index contributed by atoms with van der Waals surface area (Å²) in [6, 6.07) is 1.68. The Kier molecular flexibility index (Phi) is 5.08. The molecule has 2 aromatic rings. The van der Waals surface area contributed by atoms with Crippen LogP contribution < -0.4 is 5.32 Å². The van der Waals surface area contributed by atoms with Crippen molar-refractivity contribution in [2.75, 3.05) is 13.1 Å². The van der Waals surface area contributed by atoms with Crippen molar-refractivity contribution in [3.8, 4) is 0 Å². The van der Waals surface area contributed by atoms with Crippen molar-refractivity contribution in [1.82, 2.24) is 30.0 Å². The highest BCUT2D eigenvalue weighted by Crippen LogP contribution is 2.37. The van der Waals surface area contributed by atoms with Crippen LogP contribution in [0.5, 0.6) is 0 Å². The molecule has 154 valence electrons. The lowest BCUT2D eigenvalue weighted by atomic mass is 9.83. The maximum absolute atomic E-state index is 12.6. The van der Waals surface area contributed by atoms with Crippen LogP contribution in [0.25, 0.3) is 0 Å². The van der Waals surface area contributed by atoms with Crippen LogP contribution in [0.3, 0.4) is 0 Å². The number of hydrogen-bond acceptors (Lipinski definition) is 6. The molecular formula is C20H26N6O3. The molecule has 0 aliphatic carbocycles. The number of carbonyl (C=O) groups excluding carboxylic acids is 2. The summed E-state index contributed by atoms with van der Waals surface area (Å²) in [4.78, 5) is 34.8. The summed E-state index contributed by atoms with van der Waals surface area (Å²) in [5, 5.41) is 7.35. The Hall–Kier alpha value is -2.81. The third-order valence-corrected chi connectivity index (χ3v) is 5.68. The summed E-state index contributed by atoms with van der Waals surface area (Å²) < 4.78 is 8.08. The van der Waals surface area contributed by atoms with E-state index < -0.39 is 0 Å². The van der Waals surface area contributed by atoms with Crippen molar-refractivity contribution in [3.05, 3.63) is 41.2 Å². The van der Waals surface area contributed by atoms with Crippen LogP contribution >= 0.6 is 0 Å². The second-order valence-corrected chi connectivity index (χ2v) is 8.06. The summed E-state index contributed by atoms with van der Waals surface area (Å²) in [5.41, 5.74) is 2.45. The third-order valence-electron chi connectivity index (χ3n) is 5.68. The van der Waals surface area contributed by atoms with Gasteiger partial charge in [0.05, 0.1) is 12.2 Å². The van der Waals surface area contributed by atoms with Crippen LogP contribution in [0, 0.1) is 0 Å². The highest BCUT2D eigenvalue weighted by molar-refractivity contribution is 5.94. The van der Waals surface area contributed by atoms with Crippen molar-refractivity contribution in [2.24, 2.45) is 7.05 Å². The zero-order chi connectivity index (χ0) is 20.6. The predicted molar refractivity (Wildman–Crippen MR) is 104 cm³/mol. The molecule has 9 nitrogen and oxygen atoms in total. The summed E-state index contributed by atoms with van der Waals surface area (Å²) in [7, 11) is 1.87. The average molecular weight is 398 g/mol. The van der Waals surface area contributed by atoms with Gasteiger partial charge in [-0.25, -0.2) is 9.97 Å². The molecule has 2 aliphatic rings. The first-order valence-electron chi connectivity index (χ1n) is 9.93. The Balaban J connectivity index is 1.46. The number of piperidine rings is 1. The molecule has 1 spiro atoms. The molecule has 4 heterocycles. The van der Waals surface area contributed by atoms with Gasteiger partial charge >= 0.3 is 0 Å². The summed E-state index contributed by atoms with van der Waals surface area (Å²) in [5.74, 6) is -0.242. The minimum atomic E-state index is -0.324. The lowest BCUT2D eigenvalue weighted by molar-refractivity contribution is -0.0990. The maximum Gasteiger partial charge on any atom is 0.272 e. The number of amides is 2. The molecule has 1 N–H and O–H groups in total. The number of rotatable bonds is 3. The van der Waals surface area contributed by atoms with Crippen LogP contribution in [0.2, 0.25) is 0 Å². The SMILES string of the molecule is CC(C)NC(=O)c1nn(C)c2c1COC1(CCN(C(=O)c3ccncn3)CC1)C2. The summed E-state index contributed by atoms with van der Waals surface area (Å²) >= 11 is 0. The first kappa shape index (κ1) is 19.5. The van der Waals surface area contributed by atoms with Crippen LogP contribution in [0.1, 0.15) is 58.9 Å². The topological polar surface area (TPSA) is 102 Å². The lowest BCUT2D eigenvalue weighted by Gasteiger charge is -2.43. The van der Waals surface area contributed by atoms with Gasteiger partial charge in [-0.2, -0.15) is 5.10 Å². The van der Waals surface area contributed by atoms with Gasteiger partial charge in [0.1, 0.15) is 12.0 Å². The first-order chi connectivity index (χ1) is 13.9. The number of fused-ring (bicyclic) bond motifs is 1. The van der Waals surface area contributed by atoms with E-state index in [-0.39, 0.29) is 23.5 Å². The van der Waals surface area contributed by atoms with E-state index in [4.69, 9.17) is 4.74 Å². The van der Waals surface area contributed by atoms with Crippen LogP contribution in [-0.2, 0) is 24.8 Å². The van der Waals surface area contributed by atoms with Crippen LogP contribution in [0.4, 0.5) is 0 Å². The molecule has 1 saturated heterocycles. The number of hydrogen-bond donors (Lipinski definition) is 1. The smallest absolute Gasteiger partial charge is 0.272 e. The van der Waals surface area contributed by atoms with E-state index in [2.05, 4.69) is 20.4 Å². The summed E-state index contributed by atoms with van der Waals surface area (Å²) in [6.07, 6.45) is 5.13. The molecule has 2 aromatic heterocycles. The molecule has 4 rings (SSSR count). The zero-order valence-electron chi connectivity index (χ0n) is 17.0. The monoisotopic (exact) mass is 398 g/mol.